The van der Waals surface area contributed by atoms with Crippen LogP contribution < -0.4 is 4.73 Å². The van der Waals surface area contributed by atoms with Gasteiger partial charge in [0.1, 0.15) is 0 Å². The Labute approximate surface area is 161 Å². The molecule has 0 saturated heterocycles. The Morgan fingerprint density at radius 2 is 1.50 bits per heavy atom. The lowest BCUT2D eigenvalue weighted by atomic mass is 10.0. The van der Waals surface area contributed by atoms with Gasteiger partial charge in [-0.1, -0.05) is 79.1 Å². The smallest absolute Gasteiger partial charge is 0.200 e. The molecule has 0 saturated carbocycles. The first-order valence-corrected chi connectivity index (χ1v) is 13.0. The van der Waals surface area contributed by atoms with Crippen molar-refractivity contribution in [3.63, 3.8) is 0 Å². The third kappa shape index (κ3) is 8.25. The lowest BCUT2D eigenvalue weighted by Gasteiger charge is -2.27. The molecule has 1 aromatic rings. The zero-order valence-corrected chi connectivity index (χ0v) is 18.3. The van der Waals surface area contributed by atoms with Gasteiger partial charge < -0.3 is 9.77 Å². The highest BCUT2D eigenvalue weighted by Crippen LogP contribution is 2.53. The maximum absolute atomic E-state index is 14.0. The van der Waals surface area contributed by atoms with Gasteiger partial charge >= 0.3 is 0 Å². The third-order valence-electron chi connectivity index (χ3n) is 5.62. The Balaban J connectivity index is 2.97. The van der Waals surface area contributed by atoms with Gasteiger partial charge in [-0.25, -0.2) is 0 Å². The van der Waals surface area contributed by atoms with Crippen LogP contribution in [0.3, 0.4) is 0 Å². The van der Waals surface area contributed by atoms with Crippen molar-refractivity contribution >= 4 is 7.14 Å². The average Bonchev–Trinajstić information content (AvgIpc) is 2.64. The monoisotopic (exact) mass is 381 g/mol. The molecule has 0 spiro atoms. The summed E-state index contributed by atoms with van der Waals surface area (Å²) >= 11 is 0. The van der Waals surface area contributed by atoms with Gasteiger partial charge in [0.05, 0.1) is 13.3 Å². The Hall–Kier alpha value is -0.820. The molecule has 1 rings (SSSR count). The summed E-state index contributed by atoms with van der Waals surface area (Å²) in [5.74, 6) is 1.04. The second kappa shape index (κ2) is 12.5. The molecule has 150 valence electrons. The fourth-order valence-electron chi connectivity index (χ4n) is 3.86. The van der Waals surface area contributed by atoms with Gasteiger partial charge in [0, 0.05) is 24.5 Å². The molecule has 0 aromatic carbocycles. The van der Waals surface area contributed by atoms with E-state index in [-0.39, 0.29) is 0 Å². The van der Waals surface area contributed by atoms with Crippen LogP contribution in [0.2, 0.25) is 0 Å². The Morgan fingerprint density at radius 1 is 0.962 bits per heavy atom. The molecule has 0 fully saturated rings. The molecular formula is C22H40NO2P. The molecule has 0 amide bonds. The van der Waals surface area contributed by atoms with Gasteiger partial charge in [0.2, 0.25) is 0 Å². The molecule has 0 aliphatic rings. The summed E-state index contributed by atoms with van der Waals surface area (Å²) in [5.41, 5.74) is 0.673. The minimum absolute atomic E-state index is 0.461. The van der Waals surface area contributed by atoms with E-state index < -0.39 is 7.14 Å². The average molecular weight is 382 g/mol. The SMILES string of the molecule is CCCCC(CC)CP(=O)(Cc1cccc[n+]1[O-])CC(CC)CCCC. The van der Waals surface area contributed by atoms with Crippen LogP contribution >= 0.6 is 7.14 Å². The number of aromatic nitrogens is 1. The molecule has 0 aliphatic carbocycles. The summed E-state index contributed by atoms with van der Waals surface area (Å²) in [6, 6.07) is 5.48. The van der Waals surface area contributed by atoms with Gasteiger partial charge in [-0.15, -0.1) is 0 Å². The standard InChI is InChI=1S/C22H40NO2P/c1-5-9-13-20(7-3)17-26(25,18-21(8-4)14-10-6-2)19-22-15-11-12-16-23(22)24/h11-12,15-16,20-21H,5-10,13-14,17-19H2,1-4H3. The number of hydrogen-bond donors (Lipinski definition) is 0. The van der Waals surface area contributed by atoms with Crippen LogP contribution in [0.4, 0.5) is 0 Å². The quantitative estimate of drug-likeness (QED) is 0.207. The van der Waals surface area contributed by atoms with E-state index in [1.165, 1.54) is 31.9 Å². The van der Waals surface area contributed by atoms with Crippen LogP contribution in [0.25, 0.3) is 0 Å². The summed E-state index contributed by atoms with van der Waals surface area (Å²) in [5, 5.41) is 12.1. The van der Waals surface area contributed by atoms with Crippen LogP contribution in [0, 0.1) is 17.0 Å². The minimum atomic E-state index is -2.41. The van der Waals surface area contributed by atoms with E-state index in [1.807, 2.05) is 12.1 Å². The van der Waals surface area contributed by atoms with E-state index in [0.717, 1.165) is 42.7 Å². The Morgan fingerprint density at radius 3 is 1.92 bits per heavy atom. The van der Waals surface area contributed by atoms with Crippen molar-refractivity contribution in [1.82, 2.24) is 0 Å². The van der Waals surface area contributed by atoms with E-state index in [0.29, 0.717) is 23.7 Å². The van der Waals surface area contributed by atoms with Gasteiger partial charge in [0.25, 0.3) is 0 Å². The zero-order valence-electron chi connectivity index (χ0n) is 17.5. The maximum atomic E-state index is 14.0. The van der Waals surface area contributed by atoms with Gasteiger partial charge in [-0.3, -0.25) is 0 Å². The number of nitrogens with zero attached hydrogens (tertiary/aromatic N) is 1. The molecule has 2 atom stereocenters. The van der Waals surface area contributed by atoms with E-state index in [2.05, 4.69) is 27.7 Å². The molecule has 0 N–H and O–H groups in total. The van der Waals surface area contributed by atoms with Crippen molar-refractivity contribution in [2.75, 3.05) is 12.3 Å². The van der Waals surface area contributed by atoms with E-state index >= 15 is 0 Å². The van der Waals surface area contributed by atoms with Crippen LogP contribution in [0.15, 0.2) is 24.4 Å². The molecule has 1 heterocycles. The zero-order chi connectivity index (χ0) is 19.4. The number of pyridine rings is 1. The summed E-state index contributed by atoms with van der Waals surface area (Å²) in [6.45, 7) is 8.87. The maximum Gasteiger partial charge on any atom is 0.200 e. The van der Waals surface area contributed by atoms with Crippen LogP contribution in [0.1, 0.15) is 84.8 Å². The van der Waals surface area contributed by atoms with Gasteiger partial charge in [-0.05, 0) is 17.9 Å². The fraction of sp³-hybridized carbons (Fsp3) is 0.773. The summed E-state index contributed by atoms with van der Waals surface area (Å²) in [4.78, 5) is 0. The topological polar surface area (TPSA) is 44.0 Å². The van der Waals surface area contributed by atoms with Gasteiger partial charge in [-0.2, -0.15) is 4.73 Å². The van der Waals surface area contributed by atoms with E-state index in [9.17, 15) is 9.77 Å². The van der Waals surface area contributed by atoms with Crippen molar-refractivity contribution in [2.45, 2.75) is 85.2 Å². The van der Waals surface area contributed by atoms with E-state index in [4.69, 9.17) is 0 Å². The Bertz CT molecular complexity index is 525. The Kier molecular flexibility index (Phi) is 11.2. The van der Waals surface area contributed by atoms with Crippen molar-refractivity contribution in [1.29, 1.82) is 0 Å². The predicted octanol–water partition coefficient (Wildman–Crippen LogP) is 6.62. The second-order valence-electron chi connectivity index (χ2n) is 7.93. The molecule has 2 unspecified atom stereocenters. The van der Waals surface area contributed by atoms with Crippen LogP contribution in [-0.2, 0) is 10.7 Å². The first-order chi connectivity index (χ1) is 12.5. The lowest BCUT2D eigenvalue weighted by molar-refractivity contribution is -0.612. The summed E-state index contributed by atoms with van der Waals surface area (Å²) < 4.78 is 15.0. The first-order valence-electron chi connectivity index (χ1n) is 10.7. The highest BCUT2D eigenvalue weighted by atomic mass is 31.2. The largest absolute Gasteiger partial charge is 0.618 e. The summed E-state index contributed by atoms with van der Waals surface area (Å²) in [6.07, 6.45) is 12.9. The van der Waals surface area contributed by atoms with Crippen LogP contribution in [0.5, 0.6) is 0 Å². The summed E-state index contributed by atoms with van der Waals surface area (Å²) in [7, 11) is -2.41. The van der Waals surface area contributed by atoms with Gasteiger partial charge in [0.15, 0.2) is 11.9 Å². The van der Waals surface area contributed by atoms with Crippen molar-refractivity contribution < 1.29 is 9.30 Å². The third-order valence-corrected chi connectivity index (χ3v) is 8.89. The lowest BCUT2D eigenvalue weighted by Crippen LogP contribution is -2.31. The predicted molar refractivity (Wildman–Crippen MR) is 113 cm³/mol. The second-order valence-corrected chi connectivity index (χ2v) is 11.1. The normalized spacial score (nSPS) is 16.2. The fourth-order valence-corrected chi connectivity index (χ4v) is 7.87. The van der Waals surface area contributed by atoms with E-state index in [1.54, 1.807) is 6.07 Å². The molecular weight excluding hydrogens is 341 g/mol. The molecule has 0 bridgehead atoms. The number of rotatable bonds is 14. The molecule has 4 heteroatoms. The molecule has 3 nitrogen and oxygen atoms in total. The number of hydrogen-bond acceptors (Lipinski definition) is 2. The highest BCUT2D eigenvalue weighted by Gasteiger charge is 2.31. The molecule has 26 heavy (non-hydrogen) atoms. The molecule has 0 aliphatic heterocycles. The first kappa shape index (κ1) is 23.2. The molecule has 0 radical (unpaired) electrons. The van der Waals surface area contributed by atoms with Crippen molar-refractivity contribution in [3.05, 3.63) is 35.3 Å². The molecule has 1 aromatic heterocycles. The highest BCUT2D eigenvalue weighted by molar-refractivity contribution is 7.63. The van der Waals surface area contributed by atoms with Crippen molar-refractivity contribution in [2.24, 2.45) is 11.8 Å². The number of unbranched alkanes of at least 4 members (excludes halogenated alkanes) is 2. The van der Waals surface area contributed by atoms with Crippen molar-refractivity contribution in [3.8, 4) is 0 Å². The minimum Gasteiger partial charge on any atom is -0.618 e. The van der Waals surface area contributed by atoms with Crippen LogP contribution in [-0.4, -0.2) is 12.3 Å².